The molecule has 0 bridgehead atoms. The van der Waals surface area contributed by atoms with Crippen molar-refractivity contribution < 1.29 is 15.1 Å². The number of nitrogens with two attached hydrogens (primary N) is 1. The Morgan fingerprint density at radius 2 is 2.06 bits per heavy atom. The van der Waals surface area contributed by atoms with E-state index in [1.165, 1.54) is 6.21 Å². The zero-order valence-electron chi connectivity index (χ0n) is 8.71. The smallest absolute Gasteiger partial charge is 0.320 e. The molecule has 1 aromatic carbocycles. The average Bonchev–Trinajstić information content (AvgIpc) is 2.28. The Balaban J connectivity index is 2.52. The monoisotopic (exact) mass is 222 g/mol. The molecule has 4 N–H and O–H groups in total. The Labute approximate surface area is 93.2 Å². The largest absolute Gasteiger partial charge is 0.480 e. The van der Waals surface area contributed by atoms with Crippen molar-refractivity contribution in [1.29, 1.82) is 0 Å². The van der Waals surface area contributed by atoms with Crippen molar-refractivity contribution >= 4 is 12.2 Å². The van der Waals surface area contributed by atoms with Crippen LogP contribution in [0.5, 0.6) is 0 Å². The normalized spacial score (nSPS) is 12.8. The second kappa shape index (κ2) is 5.87. The second-order valence-electron chi connectivity index (χ2n) is 3.47. The predicted octanol–water partition coefficient (Wildman–Crippen LogP) is 0.839. The highest BCUT2D eigenvalue weighted by Crippen LogP contribution is 2.06. The molecule has 0 aliphatic heterocycles. The molecule has 1 atom stereocenters. The van der Waals surface area contributed by atoms with Crippen LogP contribution in [0.2, 0.25) is 0 Å². The first-order valence-corrected chi connectivity index (χ1v) is 4.88. The van der Waals surface area contributed by atoms with Gasteiger partial charge in [-0.15, -0.1) is 0 Å². The quantitative estimate of drug-likeness (QED) is 0.390. The third kappa shape index (κ3) is 3.70. The number of nitrogens with zero attached hydrogens (tertiary/aromatic N) is 1. The Morgan fingerprint density at radius 1 is 1.44 bits per heavy atom. The van der Waals surface area contributed by atoms with Crippen molar-refractivity contribution in [1.82, 2.24) is 0 Å². The SMILES string of the molecule is NC(CCc1ccc(/C=N/O)cc1)C(=O)O. The maximum absolute atomic E-state index is 10.5. The summed E-state index contributed by atoms with van der Waals surface area (Å²) in [6, 6.07) is 6.47. The van der Waals surface area contributed by atoms with E-state index < -0.39 is 12.0 Å². The van der Waals surface area contributed by atoms with Crippen LogP contribution in [0.4, 0.5) is 0 Å². The molecule has 0 saturated heterocycles. The summed E-state index contributed by atoms with van der Waals surface area (Å²) >= 11 is 0. The maximum atomic E-state index is 10.5. The second-order valence-corrected chi connectivity index (χ2v) is 3.47. The summed E-state index contributed by atoms with van der Waals surface area (Å²) in [5.74, 6) is -0.982. The van der Waals surface area contributed by atoms with Crippen LogP contribution in [0.25, 0.3) is 0 Å². The number of carboxylic acids is 1. The van der Waals surface area contributed by atoms with Gasteiger partial charge in [0.25, 0.3) is 0 Å². The molecule has 0 fully saturated rings. The van der Waals surface area contributed by atoms with Crippen molar-refractivity contribution in [2.24, 2.45) is 10.9 Å². The zero-order valence-corrected chi connectivity index (χ0v) is 8.71. The highest BCUT2D eigenvalue weighted by Gasteiger charge is 2.10. The molecule has 1 unspecified atom stereocenters. The zero-order chi connectivity index (χ0) is 12.0. The number of carboxylic acid groups (broad SMARTS) is 1. The molecule has 0 aromatic heterocycles. The average molecular weight is 222 g/mol. The standard InChI is InChI=1S/C11H14N2O3/c12-10(11(14)15)6-5-8-1-3-9(4-2-8)7-13-16/h1-4,7,10,16H,5-6,12H2,(H,14,15)/b13-7+. The van der Waals surface area contributed by atoms with Gasteiger partial charge in [-0.05, 0) is 24.0 Å². The van der Waals surface area contributed by atoms with E-state index >= 15 is 0 Å². The first-order valence-electron chi connectivity index (χ1n) is 4.88. The molecule has 5 nitrogen and oxygen atoms in total. The van der Waals surface area contributed by atoms with Gasteiger partial charge in [-0.3, -0.25) is 4.79 Å². The molecule has 0 aliphatic carbocycles. The van der Waals surface area contributed by atoms with Crippen LogP contribution in [0.3, 0.4) is 0 Å². The van der Waals surface area contributed by atoms with Crippen molar-refractivity contribution in [2.45, 2.75) is 18.9 Å². The minimum absolute atomic E-state index is 0.406. The fraction of sp³-hybridized carbons (Fsp3) is 0.273. The number of hydrogen-bond donors (Lipinski definition) is 3. The van der Waals surface area contributed by atoms with E-state index in [0.29, 0.717) is 12.8 Å². The Hall–Kier alpha value is -1.88. The van der Waals surface area contributed by atoms with Gasteiger partial charge in [-0.25, -0.2) is 0 Å². The van der Waals surface area contributed by atoms with E-state index in [0.717, 1.165) is 11.1 Å². The predicted molar refractivity (Wildman–Crippen MR) is 59.8 cm³/mol. The summed E-state index contributed by atoms with van der Waals surface area (Å²) < 4.78 is 0. The van der Waals surface area contributed by atoms with Crippen molar-refractivity contribution in [3.63, 3.8) is 0 Å². The van der Waals surface area contributed by atoms with E-state index in [1.807, 2.05) is 12.1 Å². The fourth-order valence-electron chi connectivity index (χ4n) is 1.28. The minimum atomic E-state index is -0.982. The summed E-state index contributed by atoms with van der Waals surface area (Å²) in [6.45, 7) is 0. The number of hydrogen-bond acceptors (Lipinski definition) is 4. The van der Waals surface area contributed by atoms with E-state index in [1.54, 1.807) is 12.1 Å². The topological polar surface area (TPSA) is 95.9 Å². The third-order valence-corrected chi connectivity index (χ3v) is 2.25. The lowest BCUT2D eigenvalue weighted by Crippen LogP contribution is -2.30. The molecule has 0 saturated carbocycles. The Kier molecular flexibility index (Phi) is 4.47. The highest BCUT2D eigenvalue weighted by atomic mass is 16.4. The van der Waals surface area contributed by atoms with Crippen LogP contribution in [0.15, 0.2) is 29.4 Å². The van der Waals surface area contributed by atoms with E-state index in [-0.39, 0.29) is 0 Å². The van der Waals surface area contributed by atoms with E-state index in [4.69, 9.17) is 16.0 Å². The van der Waals surface area contributed by atoms with E-state index in [9.17, 15) is 4.79 Å². The molecular formula is C11H14N2O3. The lowest BCUT2D eigenvalue weighted by atomic mass is 10.0. The lowest BCUT2D eigenvalue weighted by molar-refractivity contribution is -0.138. The highest BCUT2D eigenvalue weighted by molar-refractivity contribution is 5.79. The third-order valence-electron chi connectivity index (χ3n) is 2.25. The number of aliphatic carboxylic acids is 1. The summed E-state index contributed by atoms with van der Waals surface area (Å²) in [7, 11) is 0. The molecule has 0 heterocycles. The van der Waals surface area contributed by atoms with Crippen LogP contribution in [0, 0.1) is 0 Å². The van der Waals surface area contributed by atoms with Crippen LogP contribution in [-0.2, 0) is 11.2 Å². The van der Waals surface area contributed by atoms with Crippen LogP contribution in [0.1, 0.15) is 17.5 Å². The van der Waals surface area contributed by atoms with Gasteiger partial charge in [0.05, 0.1) is 6.21 Å². The van der Waals surface area contributed by atoms with Gasteiger partial charge in [0, 0.05) is 0 Å². The molecule has 0 aliphatic rings. The van der Waals surface area contributed by atoms with Crippen LogP contribution >= 0.6 is 0 Å². The van der Waals surface area contributed by atoms with Crippen molar-refractivity contribution in [3.05, 3.63) is 35.4 Å². The van der Waals surface area contributed by atoms with E-state index in [2.05, 4.69) is 5.16 Å². The van der Waals surface area contributed by atoms with Gasteiger partial charge in [-0.1, -0.05) is 29.4 Å². The van der Waals surface area contributed by atoms with Gasteiger partial charge in [0.15, 0.2) is 0 Å². The molecule has 5 heteroatoms. The van der Waals surface area contributed by atoms with Gasteiger partial charge in [0.1, 0.15) is 6.04 Å². The molecule has 86 valence electrons. The van der Waals surface area contributed by atoms with Gasteiger partial charge in [-0.2, -0.15) is 0 Å². The molecule has 1 aromatic rings. The van der Waals surface area contributed by atoms with Crippen molar-refractivity contribution in [3.8, 4) is 0 Å². The minimum Gasteiger partial charge on any atom is -0.480 e. The summed E-state index contributed by atoms with van der Waals surface area (Å²) in [5, 5.41) is 19.8. The lowest BCUT2D eigenvalue weighted by Gasteiger charge is -2.06. The summed E-state index contributed by atoms with van der Waals surface area (Å²) in [6.07, 6.45) is 2.35. The van der Waals surface area contributed by atoms with Crippen LogP contribution in [-0.4, -0.2) is 28.5 Å². The van der Waals surface area contributed by atoms with Gasteiger partial charge >= 0.3 is 5.97 Å². The maximum Gasteiger partial charge on any atom is 0.320 e. The molecule has 0 spiro atoms. The molecular weight excluding hydrogens is 208 g/mol. The van der Waals surface area contributed by atoms with Gasteiger partial charge in [0.2, 0.25) is 0 Å². The first-order chi connectivity index (χ1) is 7.63. The van der Waals surface area contributed by atoms with Crippen molar-refractivity contribution in [2.75, 3.05) is 0 Å². The number of oxime groups is 1. The number of aryl methyl sites for hydroxylation is 1. The summed E-state index contributed by atoms with van der Waals surface area (Å²) in [5.41, 5.74) is 7.18. The van der Waals surface area contributed by atoms with Gasteiger partial charge < -0.3 is 16.0 Å². The Morgan fingerprint density at radius 3 is 2.56 bits per heavy atom. The Bertz CT molecular complexity index is 373. The molecule has 0 amide bonds. The molecule has 16 heavy (non-hydrogen) atoms. The first kappa shape index (κ1) is 12.2. The van der Waals surface area contributed by atoms with Crippen LogP contribution < -0.4 is 5.73 Å². The fourth-order valence-corrected chi connectivity index (χ4v) is 1.28. The molecule has 1 rings (SSSR count). The number of rotatable bonds is 5. The summed E-state index contributed by atoms with van der Waals surface area (Å²) in [4.78, 5) is 10.5. The number of carbonyl (C=O) groups is 1. The molecule has 0 radical (unpaired) electrons. The number of benzene rings is 1.